The van der Waals surface area contributed by atoms with Crippen LogP contribution in [0, 0.1) is 10.1 Å². The minimum atomic E-state index is -0.817. The van der Waals surface area contributed by atoms with Gasteiger partial charge in [0, 0.05) is 23.9 Å². The zero-order valence-corrected chi connectivity index (χ0v) is 17.9. The Labute approximate surface area is 188 Å². The van der Waals surface area contributed by atoms with Crippen molar-refractivity contribution in [3.63, 3.8) is 0 Å². The lowest BCUT2D eigenvalue weighted by atomic mass is 10.0. The summed E-state index contributed by atoms with van der Waals surface area (Å²) in [6.07, 6.45) is 1.58. The van der Waals surface area contributed by atoms with Crippen LogP contribution in [0.25, 0.3) is 0 Å². The fraction of sp³-hybridized carbons (Fsp3) is 0.286. The van der Waals surface area contributed by atoms with E-state index in [0.29, 0.717) is 12.3 Å². The number of nitro groups is 1. The van der Waals surface area contributed by atoms with Gasteiger partial charge in [-0.1, -0.05) is 11.6 Å². The summed E-state index contributed by atoms with van der Waals surface area (Å²) >= 11 is 5.72. The topological polar surface area (TPSA) is 128 Å². The van der Waals surface area contributed by atoms with Crippen LogP contribution < -0.4 is 15.0 Å². The average molecular weight is 462 g/mol. The summed E-state index contributed by atoms with van der Waals surface area (Å²) in [7, 11) is 1.57. The van der Waals surface area contributed by atoms with Crippen molar-refractivity contribution >= 4 is 40.8 Å². The standard InChI is InChI=1S/C21H20ClN3O7/c1-31-15-5-7-17-13(9-15)3-2-8-24(17)19(26)12-32-20(27)11-23-21(28)14-4-6-16(22)18(10-14)25(29)30/h4-7,9-10H,2-3,8,11-12H2,1H3,(H,23,28). The Balaban J connectivity index is 1.52. The monoisotopic (exact) mass is 461 g/mol. The van der Waals surface area contributed by atoms with E-state index in [9.17, 15) is 24.5 Å². The first-order valence-corrected chi connectivity index (χ1v) is 10.0. The lowest BCUT2D eigenvalue weighted by Gasteiger charge is -2.29. The molecule has 0 spiro atoms. The number of aryl methyl sites for hydroxylation is 1. The second-order valence-electron chi connectivity index (χ2n) is 6.91. The molecule has 0 saturated heterocycles. The molecule has 1 aliphatic heterocycles. The van der Waals surface area contributed by atoms with Crippen LogP contribution in [0.3, 0.4) is 0 Å². The highest BCUT2D eigenvalue weighted by Gasteiger charge is 2.24. The summed E-state index contributed by atoms with van der Waals surface area (Å²) in [4.78, 5) is 48.4. The Morgan fingerprint density at radius 3 is 2.72 bits per heavy atom. The van der Waals surface area contributed by atoms with Crippen molar-refractivity contribution in [1.82, 2.24) is 5.32 Å². The molecule has 1 heterocycles. The Kier molecular flexibility index (Phi) is 7.26. The molecule has 0 bridgehead atoms. The second-order valence-corrected chi connectivity index (χ2v) is 7.32. The van der Waals surface area contributed by atoms with Gasteiger partial charge >= 0.3 is 5.97 Å². The number of amides is 2. The van der Waals surface area contributed by atoms with E-state index in [2.05, 4.69) is 5.32 Å². The number of nitro benzene ring substituents is 1. The minimum absolute atomic E-state index is 0.0367. The molecule has 2 aromatic carbocycles. The average Bonchev–Trinajstić information content (AvgIpc) is 2.80. The number of anilines is 1. The van der Waals surface area contributed by atoms with Crippen LogP contribution in [0.15, 0.2) is 36.4 Å². The van der Waals surface area contributed by atoms with E-state index in [1.165, 1.54) is 12.1 Å². The molecule has 1 aliphatic rings. The van der Waals surface area contributed by atoms with E-state index in [0.717, 1.165) is 30.2 Å². The number of hydrogen-bond acceptors (Lipinski definition) is 7. The maximum Gasteiger partial charge on any atom is 0.325 e. The molecular weight excluding hydrogens is 442 g/mol. The van der Waals surface area contributed by atoms with Crippen molar-refractivity contribution in [1.29, 1.82) is 0 Å². The van der Waals surface area contributed by atoms with Gasteiger partial charge in [0.2, 0.25) is 0 Å². The SMILES string of the molecule is COc1ccc2c(c1)CCCN2C(=O)COC(=O)CNC(=O)c1ccc(Cl)c([N+](=O)[O-])c1. The van der Waals surface area contributed by atoms with Gasteiger partial charge in [0.15, 0.2) is 6.61 Å². The second kappa shape index (κ2) is 10.1. The van der Waals surface area contributed by atoms with Crippen LogP contribution in [0.1, 0.15) is 22.3 Å². The molecule has 0 atom stereocenters. The van der Waals surface area contributed by atoms with E-state index >= 15 is 0 Å². The van der Waals surface area contributed by atoms with Gasteiger partial charge in [-0.15, -0.1) is 0 Å². The number of ether oxygens (including phenoxy) is 2. The summed E-state index contributed by atoms with van der Waals surface area (Å²) < 4.78 is 10.2. The Bertz CT molecular complexity index is 1070. The number of nitrogens with one attached hydrogen (secondary N) is 1. The molecule has 32 heavy (non-hydrogen) atoms. The summed E-state index contributed by atoms with van der Waals surface area (Å²) in [5.41, 5.74) is 1.26. The molecular formula is C21H20ClN3O7. The normalized spacial score (nSPS) is 12.5. The van der Waals surface area contributed by atoms with E-state index in [-0.39, 0.29) is 16.5 Å². The van der Waals surface area contributed by atoms with E-state index in [1.54, 1.807) is 24.1 Å². The lowest BCUT2D eigenvalue weighted by molar-refractivity contribution is -0.384. The summed E-state index contributed by atoms with van der Waals surface area (Å²) in [5, 5.41) is 13.1. The smallest absolute Gasteiger partial charge is 0.325 e. The summed E-state index contributed by atoms with van der Waals surface area (Å²) in [6, 6.07) is 8.94. The van der Waals surface area contributed by atoms with Gasteiger partial charge in [-0.05, 0) is 48.7 Å². The Morgan fingerprint density at radius 2 is 2.00 bits per heavy atom. The van der Waals surface area contributed by atoms with Crippen molar-refractivity contribution < 1.29 is 28.8 Å². The number of carbonyl (C=O) groups is 3. The zero-order valence-electron chi connectivity index (χ0n) is 17.1. The number of fused-ring (bicyclic) bond motifs is 1. The highest BCUT2D eigenvalue weighted by molar-refractivity contribution is 6.32. The number of carbonyl (C=O) groups excluding carboxylic acids is 3. The van der Waals surface area contributed by atoms with Gasteiger partial charge in [0.05, 0.1) is 12.0 Å². The maximum atomic E-state index is 12.6. The van der Waals surface area contributed by atoms with Gasteiger partial charge < -0.3 is 19.7 Å². The summed E-state index contributed by atoms with van der Waals surface area (Å²) in [6.45, 7) is -0.481. The third-order valence-electron chi connectivity index (χ3n) is 4.86. The first-order chi connectivity index (χ1) is 15.3. The molecule has 0 unspecified atom stereocenters. The third kappa shape index (κ3) is 5.33. The van der Waals surface area contributed by atoms with Crippen LogP contribution in [0.4, 0.5) is 11.4 Å². The Hall–Kier alpha value is -3.66. The molecule has 0 radical (unpaired) electrons. The molecule has 11 heteroatoms. The van der Waals surface area contributed by atoms with E-state index in [4.69, 9.17) is 21.1 Å². The predicted octanol–water partition coefficient (Wildman–Crippen LogP) is 2.51. The number of benzene rings is 2. The van der Waals surface area contributed by atoms with Crippen LogP contribution in [0.2, 0.25) is 5.02 Å². The molecule has 168 valence electrons. The molecule has 0 aliphatic carbocycles. The number of esters is 1. The van der Waals surface area contributed by atoms with Crippen molar-refractivity contribution in [3.8, 4) is 5.75 Å². The highest BCUT2D eigenvalue weighted by Crippen LogP contribution is 2.30. The quantitative estimate of drug-likeness (QED) is 0.381. The van der Waals surface area contributed by atoms with Gasteiger partial charge in [-0.2, -0.15) is 0 Å². The molecule has 1 N–H and O–H groups in total. The fourth-order valence-electron chi connectivity index (χ4n) is 3.28. The molecule has 10 nitrogen and oxygen atoms in total. The molecule has 2 aromatic rings. The van der Waals surface area contributed by atoms with Crippen molar-refractivity contribution in [2.75, 3.05) is 31.7 Å². The molecule has 0 aromatic heterocycles. The summed E-state index contributed by atoms with van der Waals surface area (Å²) in [5.74, 6) is -1.22. The third-order valence-corrected chi connectivity index (χ3v) is 5.18. The minimum Gasteiger partial charge on any atom is -0.497 e. The van der Waals surface area contributed by atoms with Gasteiger partial charge in [-0.25, -0.2) is 0 Å². The van der Waals surface area contributed by atoms with Gasteiger partial charge in [-0.3, -0.25) is 24.5 Å². The van der Waals surface area contributed by atoms with Crippen molar-refractivity contribution in [2.45, 2.75) is 12.8 Å². The first-order valence-electron chi connectivity index (χ1n) is 9.65. The largest absolute Gasteiger partial charge is 0.497 e. The van der Waals surface area contributed by atoms with Gasteiger partial charge in [0.1, 0.15) is 17.3 Å². The number of nitrogens with zero attached hydrogens (tertiary/aromatic N) is 2. The zero-order chi connectivity index (χ0) is 23.3. The maximum absolute atomic E-state index is 12.6. The molecule has 0 fully saturated rings. The van der Waals surface area contributed by atoms with Crippen molar-refractivity contribution in [2.24, 2.45) is 0 Å². The van der Waals surface area contributed by atoms with Crippen molar-refractivity contribution in [3.05, 3.63) is 62.7 Å². The lowest BCUT2D eigenvalue weighted by Crippen LogP contribution is -2.39. The number of hydrogen-bond donors (Lipinski definition) is 1. The number of methoxy groups -OCH3 is 1. The number of rotatable bonds is 7. The van der Waals surface area contributed by atoms with E-state index in [1.807, 2.05) is 6.07 Å². The van der Waals surface area contributed by atoms with Gasteiger partial charge in [0.25, 0.3) is 17.5 Å². The molecule has 0 saturated carbocycles. The Morgan fingerprint density at radius 1 is 1.22 bits per heavy atom. The highest BCUT2D eigenvalue weighted by atomic mass is 35.5. The molecule has 2 amide bonds. The van der Waals surface area contributed by atoms with E-state index < -0.39 is 35.6 Å². The van der Waals surface area contributed by atoms with Crippen LogP contribution in [-0.4, -0.2) is 49.5 Å². The molecule has 3 rings (SSSR count). The predicted molar refractivity (Wildman–Crippen MR) is 115 cm³/mol. The first kappa shape index (κ1) is 23.0. The number of halogens is 1. The van der Waals surface area contributed by atoms with Crippen LogP contribution in [0.5, 0.6) is 5.75 Å². The fourth-order valence-corrected chi connectivity index (χ4v) is 3.47. The van der Waals surface area contributed by atoms with Crippen LogP contribution >= 0.6 is 11.6 Å². The van der Waals surface area contributed by atoms with Crippen LogP contribution in [-0.2, 0) is 20.7 Å².